The molecule has 0 bridgehead atoms. The van der Waals surface area contributed by atoms with E-state index in [4.69, 9.17) is 9.47 Å². The zero-order chi connectivity index (χ0) is 23.0. The first-order valence-electron chi connectivity index (χ1n) is 10.6. The summed E-state index contributed by atoms with van der Waals surface area (Å²) in [5, 5.41) is 2.91. The van der Waals surface area contributed by atoms with Crippen molar-refractivity contribution in [2.45, 2.75) is 47.2 Å². The van der Waals surface area contributed by atoms with Crippen LogP contribution in [0.25, 0.3) is 0 Å². The first-order valence-corrected chi connectivity index (χ1v) is 10.6. The average molecular weight is 427 g/mol. The zero-order valence-electron chi connectivity index (χ0n) is 19.4. The Morgan fingerprint density at radius 2 is 1.74 bits per heavy atom. The summed E-state index contributed by atoms with van der Waals surface area (Å²) in [4.78, 5) is 27.3. The SMILES string of the molecule is COc1cccc(CN(C(=O)COc2ccc(C)c(C)c2)[C@@H](C)C(=O)NCC(C)C)c1. The first kappa shape index (κ1) is 24.3. The molecule has 2 amide bonds. The number of methoxy groups -OCH3 is 1. The number of hydrogen-bond donors (Lipinski definition) is 1. The Morgan fingerprint density at radius 1 is 1.00 bits per heavy atom. The minimum atomic E-state index is -0.638. The second-order valence-electron chi connectivity index (χ2n) is 8.22. The maximum Gasteiger partial charge on any atom is 0.261 e. The van der Waals surface area contributed by atoms with Crippen molar-refractivity contribution in [3.8, 4) is 11.5 Å². The van der Waals surface area contributed by atoms with Crippen LogP contribution in [0.3, 0.4) is 0 Å². The van der Waals surface area contributed by atoms with Gasteiger partial charge < -0.3 is 19.7 Å². The van der Waals surface area contributed by atoms with Gasteiger partial charge in [-0.2, -0.15) is 0 Å². The van der Waals surface area contributed by atoms with Gasteiger partial charge in [0, 0.05) is 13.1 Å². The number of ether oxygens (including phenoxy) is 2. The summed E-state index contributed by atoms with van der Waals surface area (Å²) in [7, 11) is 1.60. The maximum atomic E-state index is 13.1. The second-order valence-corrected chi connectivity index (χ2v) is 8.22. The monoisotopic (exact) mass is 426 g/mol. The van der Waals surface area contributed by atoms with E-state index in [0.717, 1.165) is 16.7 Å². The minimum absolute atomic E-state index is 0.145. The summed E-state index contributed by atoms with van der Waals surface area (Å²) < 4.78 is 11.0. The summed E-state index contributed by atoms with van der Waals surface area (Å²) in [6.07, 6.45) is 0. The van der Waals surface area contributed by atoms with Crippen LogP contribution >= 0.6 is 0 Å². The predicted octanol–water partition coefficient (Wildman–Crippen LogP) is 3.88. The minimum Gasteiger partial charge on any atom is -0.497 e. The Balaban J connectivity index is 2.16. The van der Waals surface area contributed by atoms with Gasteiger partial charge in [0.25, 0.3) is 5.91 Å². The van der Waals surface area contributed by atoms with Crippen LogP contribution in [0.15, 0.2) is 42.5 Å². The summed E-state index contributed by atoms with van der Waals surface area (Å²) in [5.41, 5.74) is 3.13. The fourth-order valence-corrected chi connectivity index (χ4v) is 3.03. The summed E-state index contributed by atoms with van der Waals surface area (Å²) in [5.74, 6) is 1.22. The molecule has 0 aliphatic carbocycles. The van der Waals surface area contributed by atoms with Gasteiger partial charge in [-0.15, -0.1) is 0 Å². The smallest absolute Gasteiger partial charge is 0.261 e. The fourth-order valence-electron chi connectivity index (χ4n) is 3.03. The summed E-state index contributed by atoms with van der Waals surface area (Å²) in [6.45, 7) is 10.5. The average Bonchev–Trinajstić information content (AvgIpc) is 2.76. The van der Waals surface area contributed by atoms with Crippen molar-refractivity contribution in [1.82, 2.24) is 10.2 Å². The highest BCUT2D eigenvalue weighted by Gasteiger charge is 2.26. The van der Waals surface area contributed by atoms with Gasteiger partial charge in [-0.05, 0) is 67.6 Å². The maximum absolute atomic E-state index is 13.1. The molecular formula is C25H34N2O4. The van der Waals surface area contributed by atoms with Gasteiger partial charge in [0.2, 0.25) is 5.91 Å². The molecule has 6 nitrogen and oxygen atoms in total. The van der Waals surface area contributed by atoms with E-state index >= 15 is 0 Å². The normalized spacial score (nSPS) is 11.7. The van der Waals surface area contributed by atoms with E-state index in [-0.39, 0.29) is 25.0 Å². The Kier molecular flexibility index (Phi) is 8.91. The third kappa shape index (κ3) is 7.31. The van der Waals surface area contributed by atoms with Crippen molar-refractivity contribution >= 4 is 11.8 Å². The molecule has 0 heterocycles. The summed E-state index contributed by atoms with van der Waals surface area (Å²) >= 11 is 0. The van der Waals surface area contributed by atoms with Gasteiger partial charge in [0.05, 0.1) is 7.11 Å². The van der Waals surface area contributed by atoms with Crippen LogP contribution in [-0.2, 0) is 16.1 Å². The Morgan fingerprint density at radius 3 is 2.39 bits per heavy atom. The van der Waals surface area contributed by atoms with Gasteiger partial charge >= 0.3 is 0 Å². The number of carbonyl (C=O) groups excluding carboxylic acids is 2. The summed E-state index contributed by atoms with van der Waals surface area (Å²) in [6, 6.07) is 12.6. The van der Waals surface area contributed by atoms with E-state index < -0.39 is 6.04 Å². The topological polar surface area (TPSA) is 67.9 Å². The second kappa shape index (κ2) is 11.4. The number of rotatable bonds is 10. The fraction of sp³-hybridized carbons (Fsp3) is 0.440. The Hall–Kier alpha value is -3.02. The van der Waals surface area contributed by atoms with E-state index in [2.05, 4.69) is 5.32 Å². The van der Waals surface area contributed by atoms with Crippen molar-refractivity contribution < 1.29 is 19.1 Å². The number of nitrogens with one attached hydrogen (secondary N) is 1. The van der Waals surface area contributed by atoms with Crippen molar-refractivity contribution in [3.05, 3.63) is 59.2 Å². The van der Waals surface area contributed by atoms with Crippen molar-refractivity contribution in [3.63, 3.8) is 0 Å². The standard InChI is InChI=1S/C25H34N2O4/c1-17(2)14-26-25(29)20(5)27(15-21-8-7-9-22(13-21)30-6)24(28)16-31-23-11-10-18(3)19(4)12-23/h7-13,17,20H,14-16H2,1-6H3,(H,26,29)/t20-/m0/s1. The van der Waals surface area contributed by atoms with Crippen molar-refractivity contribution in [1.29, 1.82) is 0 Å². The molecule has 0 radical (unpaired) electrons. The molecule has 1 N–H and O–H groups in total. The van der Waals surface area contributed by atoms with Gasteiger partial charge in [0.15, 0.2) is 6.61 Å². The number of amides is 2. The molecule has 0 fully saturated rings. The highest BCUT2D eigenvalue weighted by Crippen LogP contribution is 2.18. The predicted molar refractivity (Wildman–Crippen MR) is 122 cm³/mol. The van der Waals surface area contributed by atoms with E-state index in [0.29, 0.717) is 24.0 Å². The number of aryl methyl sites for hydroxylation is 2. The third-order valence-electron chi connectivity index (χ3n) is 5.18. The molecule has 31 heavy (non-hydrogen) atoms. The number of hydrogen-bond acceptors (Lipinski definition) is 4. The van der Waals surface area contributed by atoms with Crippen LogP contribution < -0.4 is 14.8 Å². The highest BCUT2D eigenvalue weighted by molar-refractivity contribution is 5.88. The van der Waals surface area contributed by atoms with Gasteiger partial charge in [-0.25, -0.2) is 0 Å². The van der Waals surface area contributed by atoms with E-state index in [1.165, 1.54) is 0 Å². The lowest BCUT2D eigenvalue weighted by Crippen LogP contribution is -2.49. The van der Waals surface area contributed by atoms with E-state index in [1.807, 2.05) is 70.2 Å². The molecule has 6 heteroatoms. The zero-order valence-corrected chi connectivity index (χ0v) is 19.4. The Labute approximate surface area is 185 Å². The number of carbonyl (C=O) groups is 2. The van der Waals surface area contributed by atoms with Gasteiger partial charge in [-0.1, -0.05) is 32.0 Å². The number of benzene rings is 2. The quantitative estimate of drug-likeness (QED) is 0.626. The van der Waals surface area contributed by atoms with Crippen LogP contribution in [0.1, 0.15) is 37.5 Å². The molecule has 0 unspecified atom stereocenters. The molecule has 168 valence electrons. The lowest BCUT2D eigenvalue weighted by atomic mass is 10.1. The lowest BCUT2D eigenvalue weighted by Gasteiger charge is -2.29. The van der Waals surface area contributed by atoms with E-state index in [9.17, 15) is 9.59 Å². The first-order chi connectivity index (χ1) is 14.7. The molecule has 0 aliphatic heterocycles. The molecule has 2 aromatic carbocycles. The van der Waals surface area contributed by atoms with E-state index in [1.54, 1.807) is 18.9 Å². The molecule has 0 aromatic heterocycles. The van der Waals surface area contributed by atoms with Crippen LogP contribution in [-0.4, -0.2) is 43.0 Å². The van der Waals surface area contributed by atoms with Crippen LogP contribution in [0.4, 0.5) is 0 Å². The molecule has 0 saturated carbocycles. The van der Waals surface area contributed by atoms with Gasteiger partial charge in [-0.3, -0.25) is 9.59 Å². The Bertz CT molecular complexity index is 895. The van der Waals surface area contributed by atoms with Crippen molar-refractivity contribution in [2.75, 3.05) is 20.3 Å². The molecule has 2 aromatic rings. The van der Waals surface area contributed by atoms with Crippen LogP contribution in [0.5, 0.6) is 11.5 Å². The molecule has 0 saturated heterocycles. The lowest BCUT2D eigenvalue weighted by molar-refractivity contribution is -0.142. The third-order valence-corrected chi connectivity index (χ3v) is 5.18. The number of nitrogens with zero attached hydrogens (tertiary/aromatic N) is 1. The van der Waals surface area contributed by atoms with Crippen LogP contribution in [0.2, 0.25) is 0 Å². The molecule has 2 rings (SSSR count). The molecular weight excluding hydrogens is 392 g/mol. The van der Waals surface area contributed by atoms with Crippen LogP contribution in [0, 0.1) is 19.8 Å². The molecule has 0 spiro atoms. The molecule has 1 atom stereocenters. The van der Waals surface area contributed by atoms with Gasteiger partial charge in [0.1, 0.15) is 17.5 Å². The van der Waals surface area contributed by atoms with Crippen molar-refractivity contribution in [2.24, 2.45) is 5.92 Å². The highest BCUT2D eigenvalue weighted by atomic mass is 16.5. The largest absolute Gasteiger partial charge is 0.497 e. The molecule has 0 aliphatic rings.